The van der Waals surface area contributed by atoms with Crippen molar-refractivity contribution in [2.24, 2.45) is 0 Å². The summed E-state index contributed by atoms with van der Waals surface area (Å²) in [7, 11) is 1.59. The van der Waals surface area contributed by atoms with E-state index >= 15 is 0 Å². The highest BCUT2D eigenvalue weighted by atomic mass is 79.9. The fourth-order valence-electron chi connectivity index (χ4n) is 2.88. The average molecular weight is 466 g/mol. The van der Waals surface area contributed by atoms with Gasteiger partial charge in [-0.2, -0.15) is 0 Å². The number of halogens is 1. The molecule has 0 aromatic heterocycles. The molecule has 0 aliphatic carbocycles. The van der Waals surface area contributed by atoms with E-state index in [1.54, 1.807) is 13.2 Å². The van der Waals surface area contributed by atoms with Gasteiger partial charge in [0.1, 0.15) is 6.61 Å². The lowest BCUT2D eigenvalue weighted by Gasteiger charge is -2.13. The molecule has 30 heavy (non-hydrogen) atoms. The number of benzene rings is 3. The first-order valence-corrected chi connectivity index (χ1v) is 10.4. The molecule has 3 rings (SSSR count). The summed E-state index contributed by atoms with van der Waals surface area (Å²) >= 11 is 3.55. The summed E-state index contributed by atoms with van der Waals surface area (Å²) in [5.41, 5.74) is 4.99. The van der Waals surface area contributed by atoms with Crippen LogP contribution in [0.3, 0.4) is 0 Å². The van der Waals surface area contributed by atoms with E-state index < -0.39 is 0 Å². The predicted octanol–water partition coefficient (Wildman–Crippen LogP) is 6.31. The number of methoxy groups -OCH3 is 1. The van der Waals surface area contributed by atoms with Crippen molar-refractivity contribution < 1.29 is 14.3 Å². The molecular formula is C25H24BrNO3. The Hall–Kier alpha value is -3.05. The third-order valence-corrected chi connectivity index (χ3v) is 5.27. The molecule has 5 heteroatoms. The zero-order chi connectivity index (χ0) is 21.5. The largest absolute Gasteiger partial charge is 0.493 e. The molecule has 3 aromatic carbocycles. The van der Waals surface area contributed by atoms with Gasteiger partial charge in [-0.15, -0.1) is 0 Å². The van der Waals surface area contributed by atoms with E-state index in [0.717, 1.165) is 26.9 Å². The molecule has 0 spiro atoms. The average Bonchev–Trinajstić information content (AvgIpc) is 2.74. The van der Waals surface area contributed by atoms with Crippen molar-refractivity contribution in [2.75, 3.05) is 12.4 Å². The van der Waals surface area contributed by atoms with E-state index in [4.69, 9.17) is 9.47 Å². The summed E-state index contributed by atoms with van der Waals surface area (Å²) < 4.78 is 12.2. The first-order valence-electron chi connectivity index (χ1n) is 9.57. The molecule has 0 radical (unpaired) electrons. The Labute approximate surface area is 185 Å². The zero-order valence-corrected chi connectivity index (χ0v) is 18.8. The molecule has 1 N–H and O–H groups in total. The topological polar surface area (TPSA) is 47.6 Å². The van der Waals surface area contributed by atoms with Crippen LogP contribution in [-0.2, 0) is 11.4 Å². The van der Waals surface area contributed by atoms with Gasteiger partial charge in [-0.1, -0.05) is 36.4 Å². The second-order valence-corrected chi connectivity index (χ2v) is 7.78. The van der Waals surface area contributed by atoms with Gasteiger partial charge in [-0.05, 0) is 82.4 Å². The number of nitrogens with one attached hydrogen (secondary N) is 1. The minimum Gasteiger partial charge on any atom is -0.493 e. The fourth-order valence-corrected chi connectivity index (χ4v) is 3.46. The van der Waals surface area contributed by atoms with Crippen LogP contribution < -0.4 is 14.8 Å². The molecular weight excluding hydrogens is 442 g/mol. The van der Waals surface area contributed by atoms with Gasteiger partial charge in [0.15, 0.2) is 11.5 Å². The Bertz CT molecular complexity index is 1060. The van der Waals surface area contributed by atoms with Crippen LogP contribution in [-0.4, -0.2) is 13.0 Å². The Morgan fingerprint density at radius 2 is 1.80 bits per heavy atom. The minimum atomic E-state index is -0.197. The molecule has 3 aromatic rings. The van der Waals surface area contributed by atoms with E-state index in [2.05, 4.69) is 21.2 Å². The molecule has 0 atom stereocenters. The number of carbonyl (C=O) groups excluding carboxylic acids is 1. The smallest absolute Gasteiger partial charge is 0.248 e. The van der Waals surface area contributed by atoms with Crippen molar-refractivity contribution in [3.8, 4) is 11.5 Å². The Morgan fingerprint density at radius 1 is 1.03 bits per heavy atom. The number of hydrogen-bond donors (Lipinski definition) is 1. The molecule has 0 unspecified atom stereocenters. The number of anilines is 1. The first kappa shape index (κ1) is 21.7. The number of carbonyl (C=O) groups is 1. The van der Waals surface area contributed by atoms with Crippen LogP contribution in [0.2, 0.25) is 0 Å². The summed E-state index contributed by atoms with van der Waals surface area (Å²) in [4.78, 5) is 12.3. The summed E-state index contributed by atoms with van der Waals surface area (Å²) in [5, 5.41) is 2.88. The number of amides is 1. The van der Waals surface area contributed by atoms with Gasteiger partial charge in [0, 0.05) is 11.8 Å². The van der Waals surface area contributed by atoms with Crippen molar-refractivity contribution >= 4 is 33.6 Å². The van der Waals surface area contributed by atoms with E-state index in [1.807, 2.05) is 74.5 Å². The van der Waals surface area contributed by atoms with Crippen LogP contribution >= 0.6 is 15.9 Å². The molecule has 0 saturated heterocycles. The lowest BCUT2D eigenvalue weighted by Crippen LogP contribution is -2.08. The van der Waals surface area contributed by atoms with Crippen LogP contribution in [0.4, 0.5) is 5.69 Å². The summed E-state index contributed by atoms with van der Waals surface area (Å²) in [6.45, 7) is 4.49. The lowest BCUT2D eigenvalue weighted by molar-refractivity contribution is -0.111. The highest BCUT2D eigenvalue weighted by Crippen LogP contribution is 2.37. The quantitative estimate of drug-likeness (QED) is 0.416. The first-order chi connectivity index (χ1) is 14.5. The predicted molar refractivity (Wildman–Crippen MR) is 125 cm³/mol. The fraction of sp³-hybridized carbons (Fsp3) is 0.160. The third kappa shape index (κ3) is 5.74. The SMILES string of the molecule is COc1cc(C=CC(=O)Nc2ccc(C)c(C)c2)cc(Br)c1OCc1ccccc1. The molecule has 154 valence electrons. The van der Waals surface area contributed by atoms with Gasteiger partial charge in [0.2, 0.25) is 5.91 Å². The van der Waals surface area contributed by atoms with Gasteiger partial charge >= 0.3 is 0 Å². The van der Waals surface area contributed by atoms with Crippen molar-refractivity contribution in [3.63, 3.8) is 0 Å². The molecule has 0 aliphatic heterocycles. The number of hydrogen-bond acceptors (Lipinski definition) is 3. The van der Waals surface area contributed by atoms with Crippen molar-refractivity contribution in [1.82, 2.24) is 0 Å². The van der Waals surface area contributed by atoms with Crippen molar-refractivity contribution in [1.29, 1.82) is 0 Å². The van der Waals surface area contributed by atoms with Gasteiger partial charge in [-0.25, -0.2) is 0 Å². The zero-order valence-electron chi connectivity index (χ0n) is 17.2. The maximum atomic E-state index is 12.3. The van der Waals surface area contributed by atoms with Gasteiger partial charge in [0.05, 0.1) is 11.6 Å². The highest BCUT2D eigenvalue weighted by molar-refractivity contribution is 9.10. The van der Waals surface area contributed by atoms with Gasteiger partial charge in [-0.3, -0.25) is 4.79 Å². The molecule has 0 fully saturated rings. The van der Waals surface area contributed by atoms with Crippen LogP contribution in [0.1, 0.15) is 22.3 Å². The van der Waals surface area contributed by atoms with Crippen LogP contribution in [0.15, 0.2) is 71.2 Å². The Balaban J connectivity index is 1.70. The monoisotopic (exact) mass is 465 g/mol. The summed E-state index contributed by atoms with van der Waals surface area (Å²) in [6, 6.07) is 19.5. The molecule has 1 amide bonds. The number of aryl methyl sites for hydroxylation is 2. The molecule has 0 saturated carbocycles. The maximum absolute atomic E-state index is 12.3. The lowest BCUT2D eigenvalue weighted by atomic mass is 10.1. The molecule has 0 heterocycles. The van der Waals surface area contributed by atoms with Gasteiger partial charge in [0.25, 0.3) is 0 Å². The minimum absolute atomic E-state index is 0.197. The molecule has 0 bridgehead atoms. The van der Waals surface area contributed by atoms with E-state index in [1.165, 1.54) is 11.6 Å². The third-order valence-electron chi connectivity index (χ3n) is 4.68. The Morgan fingerprint density at radius 3 is 2.50 bits per heavy atom. The van der Waals surface area contributed by atoms with Crippen LogP contribution in [0, 0.1) is 13.8 Å². The van der Waals surface area contributed by atoms with E-state index in [9.17, 15) is 4.79 Å². The standard InChI is InChI=1S/C25H24BrNO3/c1-17-9-11-21(13-18(17)2)27-24(28)12-10-20-14-22(26)25(23(15-20)29-3)30-16-19-7-5-4-6-8-19/h4-15H,16H2,1-3H3,(H,27,28). The highest BCUT2D eigenvalue weighted by Gasteiger charge is 2.11. The van der Waals surface area contributed by atoms with E-state index in [-0.39, 0.29) is 5.91 Å². The molecule has 0 aliphatic rings. The van der Waals surface area contributed by atoms with Crippen LogP contribution in [0.5, 0.6) is 11.5 Å². The summed E-state index contributed by atoms with van der Waals surface area (Å²) in [5.74, 6) is 1.02. The number of rotatable bonds is 7. The second-order valence-electron chi connectivity index (χ2n) is 6.93. The van der Waals surface area contributed by atoms with Crippen molar-refractivity contribution in [3.05, 3.63) is 93.5 Å². The van der Waals surface area contributed by atoms with Crippen molar-refractivity contribution in [2.45, 2.75) is 20.5 Å². The second kappa shape index (κ2) is 10.1. The van der Waals surface area contributed by atoms with Crippen LogP contribution in [0.25, 0.3) is 6.08 Å². The maximum Gasteiger partial charge on any atom is 0.248 e. The number of ether oxygens (including phenoxy) is 2. The summed E-state index contributed by atoms with van der Waals surface area (Å²) in [6.07, 6.45) is 3.24. The van der Waals surface area contributed by atoms with Gasteiger partial charge < -0.3 is 14.8 Å². The Kier molecular flexibility index (Phi) is 7.31. The van der Waals surface area contributed by atoms with E-state index in [0.29, 0.717) is 18.1 Å². The molecule has 4 nitrogen and oxygen atoms in total. The normalized spacial score (nSPS) is 10.8.